The lowest BCUT2D eigenvalue weighted by atomic mass is 10.1. The summed E-state index contributed by atoms with van der Waals surface area (Å²) >= 11 is 0. The minimum atomic E-state index is -0.110. The molecule has 0 unspecified atom stereocenters. The average molecular weight is 305 g/mol. The Kier molecular flexibility index (Phi) is 5.38. The van der Waals surface area contributed by atoms with Crippen molar-refractivity contribution in [2.45, 2.75) is 33.4 Å². The van der Waals surface area contributed by atoms with E-state index in [1.54, 1.807) is 14.2 Å². The van der Waals surface area contributed by atoms with E-state index in [4.69, 9.17) is 9.47 Å². The molecule has 0 fully saturated rings. The number of hydrogen-bond acceptors (Lipinski definition) is 5. The van der Waals surface area contributed by atoms with Crippen LogP contribution in [0.1, 0.15) is 30.8 Å². The summed E-state index contributed by atoms with van der Waals surface area (Å²) in [6.07, 6.45) is 0.635. The number of benzene rings is 1. The summed E-state index contributed by atoms with van der Waals surface area (Å²) in [5.41, 5.74) is 2.61. The molecule has 0 atom stereocenters. The molecule has 0 aliphatic rings. The highest BCUT2D eigenvalue weighted by Gasteiger charge is 2.15. The summed E-state index contributed by atoms with van der Waals surface area (Å²) in [5.74, 6) is 1.84. The van der Waals surface area contributed by atoms with Crippen molar-refractivity contribution in [3.63, 3.8) is 0 Å². The maximum atomic E-state index is 9.47. The summed E-state index contributed by atoms with van der Waals surface area (Å²) in [6, 6.07) is 5.80. The molecular weight excluding hydrogens is 282 g/mol. The van der Waals surface area contributed by atoms with Gasteiger partial charge in [-0.1, -0.05) is 25.1 Å². The third-order valence-electron chi connectivity index (χ3n) is 3.43. The fourth-order valence-electron chi connectivity index (χ4n) is 2.36. The van der Waals surface area contributed by atoms with E-state index in [1.165, 1.54) is 0 Å². The summed E-state index contributed by atoms with van der Waals surface area (Å²) in [6.45, 7) is 4.91. The molecule has 120 valence electrons. The Morgan fingerprint density at radius 3 is 2.50 bits per heavy atom. The molecule has 1 N–H and O–H groups in total. The van der Waals surface area contributed by atoms with Gasteiger partial charge < -0.3 is 14.6 Å². The van der Waals surface area contributed by atoms with Gasteiger partial charge in [0, 0.05) is 13.0 Å². The fraction of sp³-hybridized carbons (Fsp3) is 0.500. The van der Waals surface area contributed by atoms with Crippen LogP contribution < -0.4 is 9.47 Å². The van der Waals surface area contributed by atoms with Gasteiger partial charge in [-0.3, -0.25) is 0 Å². The normalized spacial score (nSPS) is 11.0. The van der Waals surface area contributed by atoms with Gasteiger partial charge in [0.2, 0.25) is 0 Å². The van der Waals surface area contributed by atoms with Crippen molar-refractivity contribution in [3.05, 3.63) is 35.2 Å². The third kappa shape index (κ3) is 3.57. The molecule has 6 nitrogen and oxygen atoms in total. The van der Waals surface area contributed by atoms with Gasteiger partial charge in [0.1, 0.15) is 5.69 Å². The Hall–Kier alpha value is -2.08. The third-order valence-corrected chi connectivity index (χ3v) is 3.43. The molecule has 1 aromatic heterocycles. The van der Waals surface area contributed by atoms with Gasteiger partial charge in [-0.2, -0.15) is 0 Å². The maximum Gasteiger partial charge on any atom is 0.160 e. The van der Waals surface area contributed by atoms with E-state index in [2.05, 4.69) is 24.2 Å². The van der Waals surface area contributed by atoms with Crippen LogP contribution in [0.3, 0.4) is 0 Å². The van der Waals surface area contributed by atoms with Gasteiger partial charge in [-0.15, -0.1) is 5.10 Å². The van der Waals surface area contributed by atoms with Crippen LogP contribution in [0, 0.1) is 5.92 Å². The second-order valence-corrected chi connectivity index (χ2v) is 5.58. The van der Waals surface area contributed by atoms with Crippen LogP contribution >= 0.6 is 0 Å². The van der Waals surface area contributed by atoms with Gasteiger partial charge in [0.15, 0.2) is 11.5 Å². The molecule has 2 aromatic rings. The van der Waals surface area contributed by atoms with E-state index in [1.807, 2.05) is 22.9 Å². The zero-order valence-electron chi connectivity index (χ0n) is 13.5. The van der Waals surface area contributed by atoms with Gasteiger partial charge in [0.25, 0.3) is 0 Å². The van der Waals surface area contributed by atoms with Crippen LogP contribution in [-0.2, 0) is 19.6 Å². The van der Waals surface area contributed by atoms with Gasteiger partial charge in [-0.05, 0) is 23.6 Å². The number of ether oxygens (including phenoxy) is 2. The second-order valence-electron chi connectivity index (χ2n) is 5.58. The predicted molar refractivity (Wildman–Crippen MR) is 83.1 cm³/mol. The van der Waals surface area contributed by atoms with Crippen LogP contribution in [0.5, 0.6) is 11.5 Å². The molecule has 0 saturated carbocycles. The molecule has 0 saturated heterocycles. The Morgan fingerprint density at radius 1 is 1.18 bits per heavy atom. The molecule has 2 rings (SSSR count). The number of nitrogens with zero attached hydrogens (tertiary/aromatic N) is 3. The zero-order valence-corrected chi connectivity index (χ0v) is 13.5. The number of aromatic nitrogens is 3. The van der Waals surface area contributed by atoms with Gasteiger partial charge in [-0.25, -0.2) is 4.68 Å². The second kappa shape index (κ2) is 7.26. The topological polar surface area (TPSA) is 69.4 Å². The van der Waals surface area contributed by atoms with Crippen molar-refractivity contribution >= 4 is 0 Å². The van der Waals surface area contributed by atoms with Crippen LogP contribution in [-0.4, -0.2) is 34.3 Å². The molecule has 0 amide bonds. The van der Waals surface area contributed by atoms with Crippen LogP contribution in [0.4, 0.5) is 0 Å². The minimum absolute atomic E-state index is 0.110. The molecule has 0 spiro atoms. The first-order valence-electron chi connectivity index (χ1n) is 7.32. The highest BCUT2D eigenvalue weighted by molar-refractivity contribution is 5.44. The van der Waals surface area contributed by atoms with E-state index in [-0.39, 0.29) is 6.61 Å². The minimum Gasteiger partial charge on any atom is -0.493 e. The van der Waals surface area contributed by atoms with E-state index < -0.39 is 0 Å². The van der Waals surface area contributed by atoms with E-state index in [0.717, 1.165) is 17.8 Å². The Bertz CT molecular complexity index is 623. The van der Waals surface area contributed by atoms with E-state index in [9.17, 15) is 5.11 Å². The number of aliphatic hydroxyl groups is 1. The van der Waals surface area contributed by atoms with Crippen molar-refractivity contribution in [1.82, 2.24) is 15.0 Å². The molecule has 0 bridgehead atoms. The Labute approximate surface area is 130 Å². The summed E-state index contributed by atoms with van der Waals surface area (Å²) < 4.78 is 12.5. The molecule has 6 heteroatoms. The van der Waals surface area contributed by atoms with Crippen LogP contribution in [0.15, 0.2) is 18.2 Å². The first kappa shape index (κ1) is 16.3. The highest BCUT2D eigenvalue weighted by Crippen LogP contribution is 2.28. The summed E-state index contributed by atoms with van der Waals surface area (Å²) in [5, 5.41) is 17.7. The molecule has 0 aliphatic heterocycles. The largest absolute Gasteiger partial charge is 0.493 e. The first-order valence-corrected chi connectivity index (χ1v) is 7.32. The van der Waals surface area contributed by atoms with Crippen molar-refractivity contribution < 1.29 is 14.6 Å². The quantitative estimate of drug-likeness (QED) is 0.847. The van der Waals surface area contributed by atoms with Crippen molar-refractivity contribution in [2.75, 3.05) is 14.2 Å². The van der Waals surface area contributed by atoms with Crippen molar-refractivity contribution in [1.29, 1.82) is 0 Å². The molecule has 0 radical (unpaired) electrons. The van der Waals surface area contributed by atoms with Crippen LogP contribution in [0.2, 0.25) is 0 Å². The van der Waals surface area contributed by atoms with Crippen LogP contribution in [0.25, 0.3) is 0 Å². The molecule has 1 heterocycles. The average Bonchev–Trinajstić information content (AvgIpc) is 2.88. The number of methoxy groups -OCH3 is 2. The van der Waals surface area contributed by atoms with E-state index >= 15 is 0 Å². The number of aliphatic hydroxyl groups excluding tert-OH is 1. The Balaban J connectivity index is 2.31. The summed E-state index contributed by atoms with van der Waals surface area (Å²) in [7, 11) is 3.23. The fourth-order valence-corrected chi connectivity index (χ4v) is 2.36. The highest BCUT2D eigenvalue weighted by atomic mass is 16.5. The van der Waals surface area contributed by atoms with Gasteiger partial charge in [0.05, 0.1) is 26.5 Å². The predicted octanol–water partition coefficient (Wildman–Crippen LogP) is 2.03. The molecular formula is C16H23N3O3. The summed E-state index contributed by atoms with van der Waals surface area (Å²) in [4.78, 5) is 0. The molecule has 1 aromatic carbocycles. The SMILES string of the molecule is COc1ccc(Cc2c(CO)nnn2CC(C)C)cc1OC. The smallest absolute Gasteiger partial charge is 0.160 e. The maximum absolute atomic E-state index is 9.47. The first-order chi connectivity index (χ1) is 10.6. The lowest BCUT2D eigenvalue weighted by Crippen LogP contribution is -2.11. The zero-order chi connectivity index (χ0) is 16.1. The number of rotatable bonds is 7. The lowest BCUT2D eigenvalue weighted by Gasteiger charge is -2.12. The van der Waals surface area contributed by atoms with Crippen molar-refractivity contribution in [2.24, 2.45) is 5.92 Å². The van der Waals surface area contributed by atoms with Crippen molar-refractivity contribution in [3.8, 4) is 11.5 Å². The molecule has 0 aliphatic carbocycles. The standard InChI is InChI=1S/C16H23N3O3/c1-11(2)9-19-14(13(10-20)17-18-19)7-12-5-6-15(21-3)16(8-12)22-4/h5-6,8,11,20H,7,9-10H2,1-4H3. The Morgan fingerprint density at radius 2 is 1.91 bits per heavy atom. The van der Waals surface area contributed by atoms with E-state index in [0.29, 0.717) is 29.5 Å². The number of hydrogen-bond donors (Lipinski definition) is 1. The lowest BCUT2D eigenvalue weighted by molar-refractivity contribution is 0.275. The van der Waals surface area contributed by atoms with Gasteiger partial charge >= 0.3 is 0 Å². The molecule has 22 heavy (non-hydrogen) atoms. The monoisotopic (exact) mass is 305 g/mol.